The van der Waals surface area contributed by atoms with Gasteiger partial charge in [-0.3, -0.25) is 9.80 Å². The summed E-state index contributed by atoms with van der Waals surface area (Å²) in [6, 6.07) is 16.4. The molecule has 1 fully saturated rings. The Morgan fingerprint density at radius 3 is 2.38 bits per heavy atom. The van der Waals surface area contributed by atoms with Gasteiger partial charge in [-0.15, -0.1) is 0 Å². The maximum atomic E-state index is 6.10. The van der Waals surface area contributed by atoms with Gasteiger partial charge < -0.3 is 5.73 Å². The van der Waals surface area contributed by atoms with Gasteiger partial charge in [0.15, 0.2) is 0 Å². The Hall–Kier alpha value is -2.02. The minimum absolute atomic E-state index is 0.568. The standard InChI is InChI=1S/C20H22BrN5/c21-16-5-3-4-15(12-16)13-25-8-10-26(11-9-25)14-19-23-18-7-2-1-6-17(18)20(22)24-19/h1-7,12H,8-11,13-14H2,(H2,22,23,24). The number of aromatic nitrogens is 2. The van der Waals surface area contributed by atoms with Crippen LogP contribution >= 0.6 is 15.9 Å². The topological polar surface area (TPSA) is 58.3 Å². The maximum Gasteiger partial charge on any atom is 0.145 e. The molecular weight excluding hydrogens is 390 g/mol. The van der Waals surface area contributed by atoms with E-state index in [0.717, 1.165) is 60.5 Å². The summed E-state index contributed by atoms with van der Waals surface area (Å²) in [5.74, 6) is 1.38. The minimum Gasteiger partial charge on any atom is -0.383 e. The second kappa shape index (κ2) is 7.70. The smallest absolute Gasteiger partial charge is 0.145 e. The molecule has 0 spiro atoms. The fraction of sp³-hybridized carbons (Fsp3) is 0.300. The molecule has 0 amide bonds. The van der Waals surface area contributed by atoms with E-state index >= 15 is 0 Å². The van der Waals surface area contributed by atoms with Crippen LogP contribution < -0.4 is 5.73 Å². The fourth-order valence-electron chi connectivity index (χ4n) is 3.42. The van der Waals surface area contributed by atoms with Crippen LogP contribution in [0.2, 0.25) is 0 Å². The lowest BCUT2D eigenvalue weighted by atomic mass is 10.2. The zero-order valence-electron chi connectivity index (χ0n) is 14.6. The highest BCUT2D eigenvalue weighted by molar-refractivity contribution is 9.10. The van der Waals surface area contributed by atoms with Gasteiger partial charge in [-0.05, 0) is 29.8 Å². The number of hydrogen-bond acceptors (Lipinski definition) is 5. The number of piperazine rings is 1. The van der Waals surface area contributed by atoms with Crippen LogP contribution in [0, 0.1) is 0 Å². The van der Waals surface area contributed by atoms with Crippen LogP contribution in [0.25, 0.3) is 10.9 Å². The van der Waals surface area contributed by atoms with Crippen molar-refractivity contribution in [1.82, 2.24) is 19.8 Å². The van der Waals surface area contributed by atoms with Crippen molar-refractivity contribution in [1.29, 1.82) is 0 Å². The number of halogens is 1. The van der Waals surface area contributed by atoms with Gasteiger partial charge in [0.1, 0.15) is 11.6 Å². The molecule has 5 nitrogen and oxygen atoms in total. The van der Waals surface area contributed by atoms with Gasteiger partial charge in [0.2, 0.25) is 0 Å². The fourth-order valence-corrected chi connectivity index (χ4v) is 3.87. The van der Waals surface area contributed by atoms with Gasteiger partial charge in [0.05, 0.1) is 12.1 Å². The Balaban J connectivity index is 1.36. The molecule has 0 saturated carbocycles. The lowest BCUT2D eigenvalue weighted by Gasteiger charge is -2.34. The average Bonchev–Trinajstić information content (AvgIpc) is 2.64. The van der Waals surface area contributed by atoms with Crippen molar-refractivity contribution < 1.29 is 0 Å². The van der Waals surface area contributed by atoms with Gasteiger partial charge in [-0.25, -0.2) is 9.97 Å². The van der Waals surface area contributed by atoms with Crippen LogP contribution in [-0.2, 0) is 13.1 Å². The molecule has 3 aromatic rings. The van der Waals surface area contributed by atoms with Crippen molar-refractivity contribution in [2.45, 2.75) is 13.1 Å². The second-order valence-electron chi connectivity index (χ2n) is 6.72. The first-order valence-electron chi connectivity index (χ1n) is 8.88. The number of para-hydroxylation sites is 1. The maximum absolute atomic E-state index is 6.10. The van der Waals surface area contributed by atoms with Crippen LogP contribution in [0.4, 0.5) is 5.82 Å². The third kappa shape index (κ3) is 4.03. The highest BCUT2D eigenvalue weighted by atomic mass is 79.9. The van der Waals surface area contributed by atoms with Crippen LogP contribution in [0.3, 0.4) is 0 Å². The van der Waals surface area contributed by atoms with Gasteiger partial charge in [-0.1, -0.05) is 40.2 Å². The molecule has 6 heteroatoms. The summed E-state index contributed by atoms with van der Waals surface area (Å²) < 4.78 is 1.14. The molecule has 1 aliphatic heterocycles. The van der Waals surface area contributed by atoms with E-state index in [2.05, 4.69) is 60.0 Å². The second-order valence-corrected chi connectivity index (χ2v) is 7.64. The quantitative estimate of drug-likeness (QED) is 0.713. The summed E-state index contributed by atoms with van der Waals surface area (Å²) in [4.78, 5) is 14.1. The third-order valence-electron chi connectivity index (χ3n) is 4.80. The average molecular weight is 412 g/mol. The largest absolute Gasteiger partial charge is 0.383 e. The van der Waals surface area contributed by atoms with Crippen molar-refractivity contribution in [3.05, 3.63) is 64.4 Å². The molecule has 0 atom stereocenters. The molecule has 26 heavy (non-hydrogen) atoms. The summed E-state index contributed by atoms with van der Waals surface area (Å²) in [5.41, 5.74) is 8.37. The van der Waals surface area contributed by atoms with Crippen LogP contribution in [0.1, 0.15) is 11.4 Å². The molecule has 2 aromatic carbocycles. The molecule has 0 unspecified atom stereocenters. The molecule has 134 valence electrons. The molecule has 1 aromatic heterocycles. The molecule has 0 aliphatic carbocycles. The van der Waals surface area contributed by atoms with Crippen LogP contribution in [-0.4, -0.2) is 45.9 Å². The number of hydrogen-bond donors (Lipinski definition) is 1. The zero-order valence-corrected chi connectivity index (χ0v) is 16.2. The van der Waals surface area contributed by atoms with E-state index in [9.17, 15) is 0 Å². The highest BCUT2D eigenvalue weighted by Gasteiger charge is 2.18. The number of anilines is 1. The van der Waals surface area contributed by atoms with E-state index in [1.54, 1.807) is 0 Å². The van der Waals surface area contributed by atoms with Crippen molar-refractivity contribution in [3.8, 4) is 0 Å². The number of nitrogen functional groups attached to an aromatic ring is 1. The molecule has 1 aliphatic rings. The Morgan fingerprint density at radius 1 is 0.885 bits per heavy atom. The van der Waals surface area contributed by atoms with Gasteiger partial charge in [0, 0.05) is 42.6 Å². The summed E-state index contributed by atoms with van der Waals surface area (Å²) in [6.07, 6.45) is 0. The molecule has 2 N–H and O–H groups in total. The van der Waals surface area contributed by atoms with Crippen molar-refractivity contribution in [2.24, 2.45) is 0 Å². The van der Waals surface area contributed by atoms with E-state index in [1.165, 1.54) is 5.56 Å². The number of nitrogens with two attached hydrogens (primary N) is 1. The molecule has 4 rings (SSSR count). The van der Waals surface area contributed by atoms with Crippen LogP contribution in [0.5, 0.6) is 0 Å². The number of rotatable bonds is 4. The van der Waals surface area contributed by atoms with Crippen molar-refractivity contribution in [2.75, 3.05) is 31.9 Å². The van der Waals surface area contributed by atoms with E-state index in [4.69, 9.17) is 5.73 Å². The summed E-state index contributed by atoms with van der Waals surface area (Å²) in [6.45, 7) is 5.88. The van der Waals surface area contributed by atoms with E-state index in [0.29, 0.717) is 5.82 Å². The van der Waals surface area contributed by atoms with E-state index in [-0.39, 0.29) is 0 Å². The first-order valence-corrected chi connectivity index (χ1v) is 9.67. The summed E-state index contributed by atoms with van der Waals surface area (Å²) in [7, 11) is 0. The van der Waals surface area contributed by atoms with Crippen molar-refractivity contribution >= 4 is 32.7 Å². The van der Waals surface area contributed by atoms with E-state index < -0.39 is 0 Å². The Labute approximate surface area is 162 Å². The Bertz CT molecular complexity index is 906. The van der Waals surface area contributed by atoms with Gasteiger partial charge in [-0.2, -0.15) is 0 Å². The first kappa shape index (κ1) is 17.4. The molecule has 1 saturated heterocycles. The van der Waals surface area contributed by atoms with Crippen molar-refractivity contribution in [3.63, 3.8) is 0 Å². The predicted molar refractivity (Wildman–Crippen MR) is 109 cm³/mol. The van der Waals surface area contributed by atoms with Crippen LogP contribution in [0.15, 0.2) is 53.0 Å². The lowest BCUT2D eigenvalue weighted by molar-refractivity contribution is 0.120. The molecule has 0 bridgehead atoms. The Morgan fingerprint density at radius 2 is 1.62 bits per heavy atom. The SMILES string of the molecule is Nc1nc(CN2CCN(Cc3cccc(Br)c3)CC2)nc2ccccc12. The predicted octanol–water partition coefficient (Wildman–Crippen LogP) is 3.29. The summed E-state index contributed by atoms with van der Waals surface area (Å²) in [5, 5.41) is 0.926. The van der Waals surface area contributed by atoms with Gasteiger partial charge >= 0.3 is 0 Å². The first-order chi connectivity index (χ1) is 12.7. The Kier molecular flexibility index (Phi) is 5.15. The minimum atomic E-state index is 0.568. The monoisotopic (exact) mass is 411 g/mol. The molecule has 2 heterocycles. The third-order valence-corrected chi connectivity index (χ3v) is 5.30. The van der Waals surface area contributed by atoms with E-state index in [1.807, 2.05) is 24.3 Å². The number of benzene rings is 2. The number of fused-ring (bicyclic) bond motifs is 1. The molecule has 0 radical (unpaired) electrons. The molecular formula is C20H22BrN5. The lowest BCUT2D eigenvalue weighted by Crippen LogP contribution is -2.45. The highest BCUT2D eigenvalue weighted by Crippen LogP contribution is 2.19. The number of nitrogens with zero attached hydrogens (tertiary/aromatic N) is 4. The van der Waals surface area contributed by atoms with Gasteiger partial charge in [0.25, 0.3) is 0 Å². The normalized spacial score (nSPS) is 16.2. The summed E-state index contributed by atoms with van der Waals surface area (Å²) >= 11 is 3.55. The zero-order chi connectivity index (χ0) is 17.9.